The van der Waals surface area contributed by atoms with E-state index >= 15 is 0 Å². The molecule has 0 spiro atoms. The van der Waals surface area contributed by atoms with Crippen LogP contribution in [-0.4, -0.2) is 24.4 Å². The molecule has 0 aliphatic heterocycles. The summed E-state index contributed by atoms with van der Waals surface area (Å²) in [5.41, 5.74) is 0. The van der Waals surface area contributed by atoms with Gasteiger partial charge in [0.15, 0.2) is 0 Å². The first-order chi connectivity index (χ1) is 9.74. The smallest absolute Gasteiger partial charge is 0.223 e. The fourth-order valence-corrected chi connectivity index (χ4v) is 2.70. The molecule has 1 aliphatic rings. The molecule has 1 aliphatic carbocycles. The monoisotopic (exact) mass is 295 g/mol. The number of amides is 1. The van der Waals surface area contributed by atoms with Crippen LogP contribution in [0, 0.1) is 5.92 Å². The summed E-state index contributed by atoms with van der Waals surface area (Å²) in [5.74, 6) is 1.46. The Hall–Kier alpha value is -1.22. The van der Waals surface area contributed by atoms with E-state index in [1.165, 1.54) is 0 Å². The lowest BCUT2D eigenvalue weighted by Crippen LogP contribution is -2.32. The molecule has 2 rings (SSSR count). The maximum Gasteiger partial charge on any atom is 0.223 e. The van der Waals surface area contributed by atoms with Gasteiger partial charge in [-0.2, -0.15) is 0 Å². The Kier molecular flexibility index (Phi) is 6.19. The van der Waals surface area contributed by atoms with Crippen molar-refractivity contribution in [1.82, 2.24) is 5.32 Å². The number of para-hydroxylation sites is 1. The molecule has 1 saturated carbocycles. The first-order valence-corrected chi connectivity index (χ1v) is 7.76. The predicted molar refractivity (Wildman–Crippen MR) is 81.2 cm³/mol. The van der Waals surface area contributed by atoms with Crippen molar-refractivity contribution in [2.75, 3.05) is 13.2 Å². The van der Waals surface area contributed by atoms with Gasteiger partial charge in [-0.05, 0) is 43.7 Å². The lowest BCUT2D eigenvalue weighted by Gasteiger charge is -2.25. The Bertz CT molecular complexity index is 402. The molecule has 0 bridgehead atoms. The number of alkyl halides is 1. The number of carbonyl (C=O) groups excluding carboxylic acids is 1. The number of ether oxygens (including phenoxy) is 1. The van der Waals surface area contributed by atoms with Gasteiger partial charge in [-0.25, -0.2) is 0 Å². The normalized spacial score (nSPS) is 22.2. The Balaban J connectivity index is 1.56. The molecule has 3 nitrogen and oxygen atoms in total. The van der Waals surface area contributed by atoms with Crippen LogP contribution in [0.3, 0.4) is 0 Å². The van der Waals surface area contributed by atoms with Gasteiger partial charge in [0.05, 0.1) is 13.0 Å². The Morgan fingerprint density at radius 1 is 1.20 bits per heavy atom. The first-order valence-electron chi connectivity index (χ1n) is 7.32. The van der Waals surface area contributed by atoms with Crippen molar-refractivity contribution >= 4 is 17.5 Å². The maximum atomic E-state index is 11.7. The molecule has 0 aromatic heterocycles. The minimum Gasteiger partial charge on any atom is -0.493 e. The van der Waals surface area contributed by atoms with Crippen LogP contribution in [0.1, 0.15) is 32.1 Å². The van der Waals surface area contributed by atoms with Crippen LogP contribution in [0.5, 0.6) is 5.75 Å². The lowest BCUT2D eigenvalue weighted by atomic mass is 9.89. The minimum atomic E-state index is 0.0638. The van der Waals surface area contributed by atoms with Crippen molar-refractivity contribution in [3.8, 4) is 5.75 Å². The van der Waals surface area contributed by atoms with E-state index in [2.05, 4.69) is 5.32 Å². The molecular weight excluding hydrogens is 274 g/mol. The highest BCUT2D eigenvalue weighted by Gasteiger charge is 2.19. The number of rotatable bonds is 6. The molecule has 20 heavy (non-hydrogen) atoms. The highest BCUT2D eigenvalue weighted by molar-refractivity contribution is 6.20. The molecule has 0 unspecified atom stereocenters. The zero-order valence-corrected chi connectivity index (χ0v) is 12.4. The van der Waals surface area contributed by atoms with Gasteiger partial charge in [0.2, 0.25) is 5.91 Å². The quantitative estimate of drug-likeness (QED) is 0.817. The fraction of sp³-hybridized carbons (Fsp3) is 0.562. The molecule has 1 aromatic rings. The SMILES string of the molecule is O=C(CCOc1ccccc1)NCC1CCC(Cl)CC1. The van der Waals surface area contributed by atoms with Crippen molar-refractivity contribution in [3.05, 3.63) is 30.3 Å². The summed E-state index contributed by atoms with van der Waals surface area (Å²) >= 11 is 6.07. The average Bonchev–Trinajstić information content (AvgIpc) is 2.48. The van der Waals surface area contributed by atoms with Crippen LogP contribution in [0.25, 0.3) is 0 Å². The van der Waals surface area contributed by atoms with E-state index in [1.807, 2.05) is 30.3 Å². The van der Waals surface area contributed by atoms with Crippen LogP contribution < -0.4 is 10.1 Å². The van der Waals surface area contributed by atoms with E-state index in [9.17, 15) is 4.79 Å². The number of hydrogen-bond donors (Lipinski definition) is 1. The fourth-order valence-electron chi connectivity index (χ4n) is 2.45. The summed E-state index contributed by atoms with van der Waals surface area (Å²) in [6, 6.07) is 9.56. The number of benzene rings is 1. The number of carbonyl (C=O) groups is 1. The highest BCUT2D eigenvalue weighted by Crippen LogP contribution is 2.26. The van der Waals surface area contributed by atoms with Gasteiger partial charge >= 0.3 is 0 Å². The summed E-state index contributed by atoms with van der Waals surface area (Å²) in [6.45, 7) is 1.19. The summed E-state index contributed by atoms with van der Waals surface area (Å²) in [4.78, 5) is 11.7. The third-order valence-corrected chi connectivity index (χ3v) is 4.14. The van der Waals surface area contributed by atoms with Crippen molar-refractivity contribution in [2.45, 2.75) is 37.5 Å². The summed E-state index contributed by atoms with van der Waals surface area (Å²) in [7, 11) is 0. The number of hydrogen-bond acceptors (Lipinski definition) is 2. The Labute approximate surface area is 125 Å². The van der Waals surface area contributed by atoms with Crippen LogP contribution in [0.15, 0.2) is 30.3 Å². The van der Waals surface area contributed by atoms with E-state index in [4.69, 9.17) is 16.3 Å². The second kappa shape index (κ2) is 8.15. The first kappa shape index (κ1) is 15.2. The molecule has 4 heteroatoms. The lowest BCUT2D eigenvalue weighted by molar-refractivity contribution is -0.121. The van der Waals surface area contributed by atoms with E-state index in [1.54, 1.807) is 0 Å². The third kappa shape index (κ3) is 5.41. The molecular formula is C16H22ClNO2. The van der Waals surface area contributed by atoms with E-state index in [0.29, 0.717) is 24.3 Å². The number of nitrogens with one attached hydrogen (secondary N) is 1. The second-order valence-electron chi connectivity index (χ2n) is 5.33. The Morgan fingerprint density at radius 2 is 1.90 bits per heavy atom. The number of halogens is 1. The molecule has 1 N–H and O–H groups in total. The minimum absolute atomic E-state index is 0.0638. The standard InChI is InChI=1S/C16H22ClNO2/c17-14-8-6-13(7-9-14)12-18-16(19)10-11-20-15-4-2-1-3-5-15/h1-5,13-14H,6-12H2,(H,18,19). The molecule has 1 fully saturated rings. The zero-order valence-electron chi connectivity index (χ0n) is 11.7. The van der Waals surface area contributed by atoms with E-state index in [-0.39, 0.29) is 5.91 Å². The van der Waals surface area contributed by atoms with Crippen LogP contribution >= 0.6 is 11.6 Å². The molecule has 1 aromatic carbocycles. The van der Waals surface area contributed by atoms with Crippen LogP contribution in [0.2, 0.25) is 0 Å². The summed E-state index contributed by atoms with van der Waals surface area (Å²) in [6.07, 6.45) is 4.78. The van der Waals surface area contributed by atoms with Crippen LogP contribution in [-0.2, 0) is 4.79 Å². The van der Waals surface area contributed by atoms with Crippen molar-refractivity contribution in [1.29, 1.82) is 0 Å². The van der Waals surface area contributed by atoms with Gasteiger partial charge < -0.3 is 10.1 Å². The Morgan fingerprint density at radius 3 is 2.60 bits per heavy atom. The topological polar surface area (TPSA) is 38.3 Å². The molecule has 1 amide bonds. The largest absolute Gasteiger partial charge is 0.493 e. The average molecular weight is 296 g/mol. The second-order valence-corrected chi connectivity index (χ2v) is 5.95. The van der Waals surface area contributed by atoms with E-state index in [0.717, 1.165) is 38.0 Å². The van der Waals surface area contributed by atoms with Gasteiger partial charge in [-0.3, -0.25) is 4.79 Å². The van der Waals surface area contributed by atoms with Crippen molar-refractivity contribution < 1.29 is 9.53 Å². The van der Waals surface area contributed by atoms with Crippen molar-refractivity contribution in [3.63, 3.8) is 0 Å². The van der Waals surface area contributed by atoms with Crippen molar-refractivity contribution in [2.24, 2.45) is 5.92 Å². The molecule has 0 radical (unpaired) electrons. The van der Waals surface area contributed by atoms with Gasteiger partial charge in [0, 0.05) is 11.9 Å². The van der Waals surface area contributed by atoms with Gasteiger partial charge in [-0.1, -0.05) is 18.2 Å². The molecule has 110 valence electrons. The maximum absolute atomic E-state index is 11.7. The zero-order chi connectivity index (χ0) is 14.2. The molecule has 0 heterocycles. The summed E-state index contributed by atoms with van der Waals surface area (Å²) in [5, 5.41) is 3.33. The van der Waals surface area contributed by atoms with Gasteiger partial charge in [0.1, 0.15) is 5.75 Å². The highest BCUT2D eigenvalue weighted by atomic mass is 35.5. The third-order valence-electron chi connectivity index (χ3n) is 3.71. The van der Waals surface area contributed by atoms with E-state index < -0.39 is 0 Å². The van der Waals surface area contributed by atoms with Crippen LogP contribution in [0.4, 0.5) is 0 Å². The molecule has 0 atom stereocenters. The predicted octanol–water partition coefficient (Wildman–Crippen LogP) is 3.37. The van der Waals surface area contributed by atoms with Gasteiger partial charge in [-0.15, -0.1) is 11.6 Å². The van der Waals surface area contributed by atoms with Gasteiger partial charge in [0.25, 0.3) is 0 Å². The molecule has 0 saturated heterocycles. The summed E-state index contributed by atoms with van der Waals surface area (Å²) < 4.78 is 5.50.